The van der Waals surface area contributed by atoms with E-state index in [0.717, 1.165) is 0 Å². The van der Waals surface area contributed by atoms with Gasteiger partial charge in [0.15, 0.2) is 0 Å². The molecule has 2 atom stereocenters. The summed E-state index contributed by atoms with van der Waals surface area (Å²) >= 11 is 0. The first-order valence-electron chi connectivity index (χ1n) is 8.29. The minimum atomic E-state index is -0.945. The minimum Gasteiger partial charge on any atom is -0.481 e. The van der Waals surface area contributed by atoms with Gasteiger partial charge in [-0.15, -0.1) is 0 Å². The van der Waals surface area contributed by atoms with Crippen molar-refractivity contribution < 1.29 is 19.1 Å². The number of amides is 1. The van der Waals surface area contributed by atoms with E-state index in [4.69, 9.17) is 0 Å². The molecule has 1 heterocycles. The number of carbonyl (C=O) groups excluding carboxylic acids is 1. The average Bonchev–Trinajstić information content (AvgIpc) is 2.52. The topological polar surface area (TPSA) is 60.9 Å². The Hall–Kier alpha value is -1.95. The fourth-order valence-corrected chi connectivity index (χ4v) is 3.10. The van der Waals surface area contributed by atoms with Gasteiger partial charge < -0.3 is 14.9 Å². The fourth-order valence-electron chi connectivity index (χ4n) is 3.10. The lowest BCUT2D eigenvalue weighted by Gasteiger charge is -2.40. The number of likely N-dealkylation sites (tertiary alicyclic amines) is 1. The highest BCUT2D eigenvalue weighted by molar-refractivity contribution is 5.81. The molecular formula is C18H25FN2O3. The number of hydrogen-bond acceptors (Lipinski definition) is 3. The fraction of sp³-hybridized carbons (Fsp3) is 0.556. The van der Waals surface area contributed by atoms with Crippen LogP contribution in [-0.4, -0.2) is 53.0 Å². The Morgan fingerprint density at radius 1 is 1.46 bits per heavy atom. The molecule has 0 aliphatic carbocycles. The molecule has 1 amide bonds. The highest BCUT2D eigenvalue weighted by Crippen LogP contribution is 2.37. The van der Waals surface area contributed by atoms with Crippen LogP contribution in [0, 0.1) is 11.7 Å². The highest BCUT2D eigenvalue weighted by atomic mass is 19.1. The van der Waals surface area contributed by atoms with Crippen molar-refractivity contribution in [3.63, 3.8) is 0 Å². The Morgan fingerprint density at radius 3 is 2.75 bits per heavy atom. The number of aliphatic carboxylic acids is 1. The number of carboxylic acid groups (broad SMARTS) is 1. The largest absolute Gasteiger partial charge is 0.481 e. The van der Waals surface area contributed by atoms with Gasteiger partial charge in [0.2, 0.25) is 5.91 Å². The summed E-state index contributed by atoms with van der Waals surface area (Å²) in [7, 11) is 1.96. The SMILES string of the molecule is CC(C)N(C)CCN1C(=O)CCC(C(=O)O)C1c1cccc(F)c1. The Labute approximate surface area is 142 Å². The lowest BCUT2D eigenvalue weighted by Crippen LogP contribution is -2.48. The number of carbonyl (C=O) groups is 2. The summed E-state index contributed by atoms with van der Waals surface area (Å²) < 4.78 is 13.6. The number of nitrogens with zero attached hydrogens (tertiary/aromatic N) is 2. The molecule has 2 rings (SSSR count). The zero-order valence-electron chi connectivity index (χ0n) is 14.4. The molecule has 0 radical (unpaired) electrons. The Morgan fingerprint density at radius 2 is 2.17 bits per heavy atom. The van der Waals surface area contributed by atoms with E-state index >= 15 is 0 Å². The summed E-state index contributed by atoms with van der Waals surface area (Å²) in [4.78, 5) is 27.8. The lowest BCUT2D eigenvalue weighted by molar-refractivity contribution is -0.152. The number of halogens is 1. The monoisotopic (exact) mass is 336 g/mol. The molecule has 1 N–H and O–H groups in total. The summed E-state index contributed by atoms with van der Waals surface area (Å²) in [6.45, 7) is 5.18. The number of piperidine rings is 1. The van der Waals surface area contributed by atoms with Crippen molar-refractivity contribution in [2.45, 2.75) is 38.8 Å². The Bertz CT molecular complexity index is 606. The van der Waals surface area contributed by atoms with Gasteiger partial charge in [0.25, 0.3) is 0 Å². The van der Waals surface area contributed by atoms with Gasteiger partial charge in [0, 0.05) is 25.6 Å². The number of hydrogen-bond donors (Lipinski definition) is 1. The van der Waals surface area contributed by atoms with E-state index in [1.54, 1.807) is 17.0 Å². The van der Waals surface area contributed by atoms with Crippen molar-refractivity contribution in [3.05, 3.63) is 35.6 Å². The van der Waals surface area contributed by atoms with Crippen LogP contribution < -0.4 is 0 Å². The van der Waals surface area contributed by atoms with E-state index in [1.807, 2.05) is 7.05 Å². The van der Waals surface area contributed by atoms with Crippen molar-refractivity contribution in [2.75, 3.05) is 20.1 Å². The van der Waals surface area contributed by atoms with Gasteiger partial charge in [-0.05, 0) is 45.0 Å². The second kappa shape index (κ2) is 7.75. The third-order valence-corrected chi connectivity index (χ3v) is 4.79. The second-order valence-corrected chi connectivity index (χ2v) is 6.64. The Kier molecular flexibility index (Phi) is 5.94. The van der Waals surface area contributed by atoms with Gasteiger partial charge in [0.05, 0.1) is 12.0 Å². The molecule has 0 spiro atoms. The molecule has 1 aromatic carbocycles. The van der Waals surface area contributed by atoms with Gasteiger partial charge in [-0.25, -0.2) is 4.39 Å². The lowest BCUT2D eigenvalue weighted by atomic mass is 9.84. The van der Waals surface area contributed by atoms with E-state index in [1.165, 1.54) is 12.1 Å². The van der Waals surface area contributed by atoms with Crippen molar-refractivity contribution in [2.24, 2.45) is 5.92 Å². The van der Waals surface area contributed by atoms with Crippen LogP contribution in [0.1, 0.15) is 38.3 Å². The molecule has 0 saturated carbocycles. The molecule has 24 heavy (non-hydrogen) atoms. The average molecular weight is 336 g/mol. The van der Waals surface area contributed by atoms with Gasteiger partial charge in [-0.3, -0.25) is 9.59 Å². The van der Waals surface area contributed by atoms with Crippen LogP contribution in [0.3, 0.4) is 0 Å². The van der Waals surface area contributed by atoms with Crippen molar-refractivity contribution >= 4 is 11.9 Å². The van der Waals surface area contributed by atoms with Crippen LogP contribution in [-0.2, 0) is 9.59 Å². The van der Waals surface area contributed by atoms with E-state index in [2.05, 4.69) is 18.7 Å². The molecule has 1 aromatic rings. The second-order valence-electron chi connectivity index (χ2n) is 6.64. The van der Waals surface area contributed by atoms with E-state index in [0.29, 0.717) is 24.7 Å². The van der Waals surface area contributed by atoms with Crippen LogP contribution >= 0.6 is 0 Å². The van der Waals surface area contributed by atoms with Crippen LogP contribution in [0.25, 0.3) is 0 Å². The smallest absolute Gasteiger partial charge is 0.308 e. The molecule has 1 aliphatic rings. The normalized spacial score (nSPS) is 21.6. The summed E-state index contributed by atoms with van der Waals surface area (Å²) in [5.41, 5.74) is 0.544. The van der Waals surface area contributed by atoms with Crippen LogP contribution in [0.4, 0.5) is 4.39 Å². The molecule has 1 saturated heterocycles. The Balaban J connectivity index is 2.31. The van der Waals surface area contributed by atoms with Crippen molar-refractivity contribution in [3.8, 4) is 0 Å². The third kappa shape index (κ3) is 4.12. The molecule has 6 heteroatoms. The molecule has 2 unspecified atom stereocenters. The first kappa shape index (κ1) is 18.4. The number of likely N-dealkylation sites (N-methyl/N-ethyl adjacent to an activating group) is 1. The molecule has 132 valence electrons. The molecule has 0 aromatic heterocycles. The quantitative estimate of drug-likeness (QED) is 0.867. The standard InChI is InChI=1S/C18H25FN2O3/c1-12(2)20(3)9-10-21-16(22)8-7-15(18(23)24)17(21)13-5-4-6-14(19)11-13/h4-6,11-12,15,17H,7-10H2,1-3H3,(H,23,24). The van der Waals surface area contributed by atoms with Crippen LogP contribution in [0.5, 0.6) is 0 Å². The van der Waals surface area contributed by atoms with Crippen LogP contribution in [0.15, 0.2) is 24.3 Å². The number of rotatable bonds is 6. The van der Waals surface area contributed by atoms with E-state index in [9.17, 15) is 19.1 Å². The molecule has 0 bridgehead atoms. The van der Waals surface area contributed by atoms with Gasteiger partial charge in [-0.2, -0.15) is 0 Å². The predicted molar refractivity (Wildman–Crippen MR) is 89.0 cm³/mol. The van der Waals surface area contributed by atoms with Crippen molar-refractivity contribution in [1.29, 1.82) is 0 Å². The first-order valence-corrected chi connectivity index (χ1v) is 8.29. The minimum absolute atomic E-state index is 0.0704. The zero-order chi connectivity index (χ0) is 17.9. The first-order chi connectivity index (χ1) is 11.3. The summed E-state index contributed by atoms with van der Waals surface area (Å²) in [6.07, 6.45) is 0.500. The van der Waals surface area contributed by atoms with Crippen LogP contribution in [0.2, 0.25) is 0 Å². The van der Waals surface area contributed by atoms with Gasteiger partial charge >= 0.3 is 5.97 Å². The van der Waals surface area contributed by atoms with Gasteiger partial charge in [-0.1, -0.05) is 12.1 Å². The van der Waals surface area contributed by atoms with Crippen molar-refractivity contribution in [1.82, 2.24) is 9.80 Å². The van der Waals surface area contributed by atoms with Gasteiger partial charge in [0.1, 0.15) is 5.82 Å². The maximum atomic E-state index is 13.6. The summed E-state index contributed by atoms with van der Waals surface area (Å²) in [6, 6.07) is 5.61. The highest BCUT2D eigenvalue weighted by Gasteiger charge is 2.40. The predicted octanol–water partition coefficient (Wildman–Crippen LogP) is 2.53. The molecule has 5 nitrogen and oxygen atoms in total. The maximum absolute atomic E-state index is 13.6. The summed E-state index contributed by atoms with van der Waals surface area (Å²) in [5.74, 6) is -2.15. The number of carboxylic acids is 1. The zero-order valence-corrected chi connectivity index (χ0v) is 14.4. The third-order valence-electron chi connectivity index (χ3n) is 4.79. The summed E-state index contributed by atoms with van der Waals surface area (Å²) in [5, 5.41) is 9.57. The maximum Gasteiger partial charge on any atom is 0.308 e. The molecule has 1 fully saturated rings. The molecule has 1 aliphatic heterocycles. The van der Waals surface area contributed by atoms with E-state index in [-0.39, 0.29) is 18.7 Å². The number of benzene rings is 1. The molecular weight excluding hydrogens is 311 g/mol. The van der Waals surface area contributed by atoms with E-state index < -0.39 is 23.7 Å².